The predicted octanol–water partition coefficient (Wildman–Crippen LogP) is 3.94. The average molecular weight is 365 g/mol. The second-order valence-corrected chi connectivity index (χ2v) is 6.49. The average Bonchev–Trinajstić information content (AvgIpc) is 3.03. The molecule has 1 heterocycles. The first-order valence-corrected chi connectivity index (χ1v) is 8.39. The molecule has 0 radical (unpaired) electrons. The van der Waals surface area contributed by atoms with Gasteiger partial charge in [0.15, 0.2) is 17.5 Å². The zero-order valence-electron chi connectivity index (χ0n) is 13.4. The highest BCUT2D eigenvalue weighted by atomic mass is 32.1. The summed E-state index contributed by atoms with van der Waals surface area (Å²) in [6.45, 7) is 0. The molecule has 0 aliphatic rings. The van der Waals surface area contributed by atoms with Gasteiger partial charge in [0.05, 0.1) is 13.0 Å². The number of methoxy groups -OCH3 is 1. The molecule has 2 aromatic carbocycles. The van der Waals surface area contributed by atoms with Gasteiger partial charge in [-0.2, -0.15) is 0 Å². The Morgan fingerprint density at radius 1 is 1.12 bits per heavy atom. The number of nitrogens with two attached hydrogens (primary N) is 1. The lowest BCUT2D eigenvalue weighted by molar-refractivity contribution is -0.368. The summed E-state index contributed by atoms with van der Waals surface area (Å²) in [6, 6.07) is 9.41. The Hall–Kier alpha value is -2.54. The number of halogens is 3. The maximum absolute atomic E-state index is 13.5. The van der Waals surface area contributed by atoms with Gasteiger partial charge in [-0.25, -0.2) is 18.2 Å². The van der Waals surface area contributed by atoms with Gasteiger partial charge in [-0.1, -0.05) is 23.5 Å². The standard InChI is InChI=1S/C18H15F3N2OS/c1-24-12-4-2-11(3-5-12)13(16-9-25-18(22)23-16)6-10-7-14(19)17(21)15(20)8-10/h2-5,7-9,13H,6H2,1H3,(H2,22,23)/p+1. The van der Waals surface area contributed by atoms with E-state index in [9.17, 15) is 13.2 Å². The molecular formula is C18H16F3N2OS+. The molecular weight excluding hydrogens is 349 g/mol. The lowest BCUT2D eigenvalue weighted by Crippen LogP contribution is -2.17. The Kier molecular flexibility index (Phi) is 4.94. The van der Waals surface area contributed by atoms with Gasteiger partial charge in [-0.15, -0.1) is 0 Å². The molecule has 1 aromatic heterocycles. The Balaban J connectivity index is 1.99. The molecule has 0 spiro atoms. The Morgan fingerprint density at radius 2 is 1.76 bits per heavy atom. The van der Waals surface area contributed by atoms with Crippen LogP contribution in [0.25, 0.3) is 0 Å². The van der Waals surface area contributed by atoms with E-state index in [0.29, 0.717) is 16.4 Å². The molecule has 0 fully saturated rings. The fraction of sp³-hybridized carbons (Fsp3) is 0.167. The van der Waals surface area contributed by atoms with Crippen LogP contribution in [-0.4, -0.2) is 7.11 Å². The molecule has 0 aliphatic carbocycles. The van der Waals surface area contributed by atoms with Crippen LogP contribution in [0.1, 0.15) is 22.7 Å². The number of aromatic amines is 1. The van der Waals surface area contributed by atoms with Gasteiger partial charge < -0.3 is 4.74 Å². The summed E-state index contributed by atoms with van der Waals surface area (Å²) in [4.78, 5) is 3.07. The van der Waals surface area contributed by atoms with Crippen LogP contribution in [0.4, 0.5) is 18.3 Å². The normalized spacial score (nSPS) is 12.2. The molecule has 3 aromatic rings. The number of H-pyrrole nitrogens is 1. The number of thiazole rings is 1. The minimum absolute atomic E-state index is 0.219. The minimum atomic E-state index is -1.46. The molecule has 130 valence electrons. The number of hydrogen-bond acceptors (Lipinski definition) is 3. The molecule has 0 aliphatic heterocycles. The number of hydrogen-bond donors (Lipinski definition) is 1. The molecule has 3 N–H and O–H groups in total. The van der Waals surface area contributed by atoms with Gasteiger partial charge in [-0.05, 0) is 41.8 Å². The molecule has 0 saturated carbocycles. The molecule has 3 nitrogen and oxygen atoms in total. The van der Waals surface area contributed by atoms with E-state index >= 15 is 0 Å². The van der Waals surface area contributed by atoms with Gasteiger partial charge in [0, 0.05) is 5.38 Å². The molecule has 0 bridgehead atoms. The van der Waals surface area contributed by atoms with Crippen molar-refractivity contribution >= 4 is 16.5 Å². The first-order valence-electron chi connectivity index (χ1n) is 7.51. The number of rotatable bonds is 5. The van der Waals surface area contributed by atoms with E-state index in [1.165, 1.54) is 11.3 Å². The molecule has 3 rings (SSSR count). The molecule has 0 amide bonds. The number of benzene rings is 2. The lowest BCUT2D eigenvalue weighted by Gasteiger charge is -2.15. The first-order chi connectivity index (χ1) is 12.0. The van der Waals surface area contributed by atoms with Gasteiger partial charge in [0.2, 0.25) is 0 Å². The third-order valence-corrected chi connectivity index (χ3v) is 4.69. The van der Waals surface area contributed by atoms with Crippen molar-refractivity contribution in [3.05, 3.63) is 76.1 Å². The van der Waals surface area contributed by atoms with E-state index < -0.39 is 17.5 Å². The fourth-order valence-corrected chi connectivity index (χ4v) is 3.36. The highest BCUT2D eigenvalue weighted by Crippen LogP contribution is 2.30. The topological polar surface area (TPSA) is 49.4 Å². The van der Waals surface area contributed by atoms with Crippen molar-refractivity contribution in [1.29, 1.82) is 0 Å². The van der Waals surface area contributed by atoms with Gasteiger partial charge in [0.25, 0.3) is 0 Å². The summed E-state index contributed by atoms with van der Waals surface area (Å²) >= 11 is 1.34. The van der Waals surface area contributed by atoms with Crippen LogP contribution < -0.4 is 15.5 Å². The van der Waals surface area contributed by atoms with Crippen molar-refractivity contribution in [1.82, 2.24) is 0 Å². The van der Waals surface area contributed by atoms with E-state index in [4.69, 9.17) is 10.5 Å². The summed E-state index contributed by atoms with van der Waals surface area (Å²) in [5, 5.41) is 2.39. The van der Waals surface area contributed by atoms with Crippen LogP contribution in [-0.2, 0) is 6.42 Å². The third-order valence-electron chi connectivity index (χ3n) is 3.96. The predicted molar refractivity (Wildman–Crippen MR) is 90.1 cm³/mol. The van der Waals surface area contributed by atoms with Crippen molar-refractivity contribution in [2.45, 2.75) is 12.3 Å². The first kappa shape index (κ1) is 17.3. The zero-order valence-corrected chi connectivity index (χ0v) is 14.2. The quantitative estimate of drug-likeness (QED) is 0.696. The molecule has 7 heteroatoms. The van der Waals surface area contributed by atoms with Crippen LogP contribution in [0.2, 0.25) is 0 Å². The Morgan fingerprint density at radius 3 is 2.28 bits per heavy atom. The molecule has 1 unspecified atom stereocenters. The fourth-order valence-electron chi connectivity index (χ4n) is 2.70. The third kappa shape index (κ3) is 3.76. The lowest BCUT2D eigenvalue weighted by atomic mass is 9.89. The van der Waals surface area contributed by atoms with Gasteiger partial charge in [0.1, 0.15) is 11.4 Å². The van der Waals surface area contributed by atoms with Crippen molar-refractivity contribution in [2.75, 3.05) is 12.8 Å². The maximum Gasteiger partial charge on any atom is 0.329 e. The van der Waals surface area contributed by atoms with Crippen molar-refractivity contribution in [2.24, 2.45) is 0 Å². The van der Waals surface area contributed by atoms with Crippen LogP contribution in [0.3, 0.4) is 0 Å². The number of anilines is 1. The van der Waals surface area contributed by atoms with Gasteiger partial charge >= 0.3 is 5.13 Å². The highest BCUT2D eigenvalue weighted by molar-refractivity contribution is 7.13. The van der Waals surface area contributed by atoms with Crippen LogP contribution in [0, 0.1) is 17.5 Å². The van der Waals surface area contributed by atoms with Gasteiger partial charge in [-0.3, -0.25) is 5.73 Å². The van der Waals surface area contributed by atoms with Crippen LogP contribution >= 0.6 is 11.3 Å². The second kappa shape index (κ2) is 7.14. The largest absolute Gasteiger partial charge is 0.497 e. The maximum atomic E-state index is 13.5. The molecule has 1 atom stereocenters. The highest BCUT2D eigenvalue weighted by Gasteiger charge is 2.22. The second-order valence-electron chi connectivity index (χ2n) is 5.58. The number of nitrogens with one attached hydrogen (secondary N) is 1. The van der Waals surface area contributed by atoms with E-state index in [0.717, 1.165) is 23.4 Å². The zero-order chi connectivity index (χ0) is 18.0. The summed E-state index contributed by atoms with van der Waals surface area (Å²) in [5.41, 5.74) is 7.87. The summed E-state index contributed by atoms with van der Waals surface area (Å²) < 4.78 is 45.4. The van der Waals surface area contributed by atoms with Crippen LogP contribution in [0.15, 0.2) is 41.8 Å². The Labute approximate surface area is 146 Å². The minimum Gasteiger partial charge on any atom is -0.497 e. The number of nitrogen functional groups attached to an aromatic ring is 1. The Bertz CT molecular complexity index is 857. The SMILES string of the molecule is COc1ccc(C(Cc2cc(F)c(F)c(F)c2)c2csc(N)[nH+]2)cc1. The van der Waals surface area contributed by atoms with E-state index in [1.807, 2.05) is 29.6 Å². The van der Waals surface area contributed by atoms with E-state index in [2.05, 4.69) is 4.98 Å². The van der Waals surface area contributed by atoms with Crippen LogP contribution in [0.5, 0.6) is 5.75 Å². The smallest absolute Gasteiger partial charge is 0.329 e. The number of aromatic nitrogens is 1. The summed E-state index contributed by atoms with van der Waals surface area (Å²) in [6.07, 6.45) is 0.285. The molecule has 25 heavy (non-hydrogen) atoms. The number of ether oxygens (including phenoxy) is 1. The van der Waals surface area contributed by atoms with E-state index in [-0.39, 0.29) is 12.3 Å². The van der Waals surface area contributed by atoms with Crippen molar-refractivity contribution in [3.63, 3.8) is 0 Å². The van der Waals surface area contributed by atoms with Crippen molar-refractivity contribution < 1.29 is 22.9 Å². The monoisotopic (exact) mass is 365 g/mol. The summed E-state index contributed by atoms with van der Waals surface area (Å²) in [7, 11) is 1.57. The van der Waals surface area contributed by atoms with Crippen molar-refractivity contribution in [3.8, 4) is 5.75 Å². The summed E-state index contributed by atoms with van der Waals surface area (Å²) in [5.74, 6) is -3.37. The van der Waals surface area contributed by atoms with E-state index in [1.54, 1.807) is 7.11 Å². The molecule has 0 saturated heterocycles.